The van der Waals surface area contributed by atoms with Gasteiger partial charge in [0.2, 0.25) is 5.91 Å². The summed E-state index contributed by atoms with van der Waals surface area (Å²) < 4.78 is 0. The number of piperidine rings is 1. The second-order valence-electron chi connectivity index (χ2n) is 6.97. The van der Waals surface area contributed by atoms with E-state index in [0.29, 0.717) is 18.4 Å². The molecule has 1 amide bonds. The van der Waals surface area contributed by atoms with E-state index in [9.17, 15) is 9.90 Å². The first-order valence-corrected chi connectivity index (χ1v) is 8.30. The SMILES string of the molecule is C#CCN1CCC(C(=O)NC2C3CCC(C3)C2CO)CC1. The van der Waals surface area contributed by atoms with Gasteiger partial charge in [-0.3, -0.25) is 9.69 Å². The third kappa shape index (κ3) is 2.95. The summed E-state index contributed by atoms with van der Waals surface area (Å²) in [6.45, 7) is 2.74. The van der Waals surface area contributed by atoms with Crippen LogP contribution in [0, 0.1) is 36.0 Å². The fourth-order valence-electron chi connectivity index (χ4n) is 4.66. The van der Waals surface area contributed by atoms with Crippen LogP contribution in [0.5, 0.6) is 0 Å². The standard InChI is InChI=1S/C17H26N2O2/c1-2-7-19-8-5-12(6-9-19)17(21)18-16-14-4-3-13(10-14)15(16)11-20/h1,12-16,20H,3-11H2,(H,18,21). The molecule has 21 heavy (non-hydrogen) atoms. The zero-order valence-electron chi connectivity index (χ0n) is 12.6. The van der Waals surface area contributed by atoms with E-state index in [1.54, 1.807) is 0 Å². The summed E-state index contributed by atoms with van der Waals surface area (Å²) >= 11 is 0. The Hall–Kier alpha value is -1.05. The van der Waals surface area contributed by atoms with Gasteiger partial charge in [0.1, 0.15) is 0 Å². The van der Waals surface area contributed by atoms with Crippen molar-refractivity contribution in [2.24, 2.45) is 23.7 Å². The van der Waals surface area contributed by atoms with Crippen LogP contribution in [0.4, 0.5) is 0 Å². The lowest BCUT2D eigenvalue weighted by molar-refractivity contribution is -0.128. The number of nitrogens with zero attached hydrogens (tertiary/aromatic N) is 1. The Balaban J connectivity index is 1.52. The molecule has 0 aromatic rings. The second-order valence-corrected chi connectivity index (χ2v) is 6.97. The maximum absolute atomic E-state index is 12.5. The van der Waals surface area contributed by atoms with E-state index in [1.165, 1.54) is 19.3 Å². The maximum Gasteiger partial charge on any atom is 0.223 e. The number of rotatable bonds is 4. The van der Waals surface area contributed by atoms with Gasteiger partial charge < -0.3 is 10.4 Å². The van der Waals surface area contributed by atoms with Crippen molar-refractivity contribution < 1.29 is 9.90 Å². The van der Waals surface area contributed by atoms with Gasteiger partial charge in [0, 0.05) is 24.5 Å². The molecule has 0 aromatic heterocycles. The minimum atomic E-state index is 0.123. The number of nitrogens with one attached hydrogen (secondary N) is 1. The van der Waals surface area contributed by atoms with Crippen molar-refractivity contribution in [3.8, 4) is 12.3 Å². The summed E-state index contributed by atoms with van der Waals surface area (Å²) in [6, 6.07) is 0.213. The minimum Gasteiger partial charge on any atom is -0.396 e. The lowest BCUT2D eigenvalue weighted by Crippen LogP contribution is -2.49. The van der Waals surface area contributed by atoms with Gasteiger partial charge >= 0.3 is 0 Å². The summed E-state index contributed by atoms with van der Waals surface area (Å²) in [5.74, 6) is 4.50. The Kier molecular flexibility index (Phi) is 4.51. The number of likely N-dealkylation sites (tertiary alicyclic amines) is 1. The molecule has 4 heteroatoms. The Morgan fingerprint density at radius 3 is 2.62 bits per heavy atom. The number of carbonyl (C=O) groups is 1. The Morgan fingerprint density at radius 1 is 1.24 bits per heavy atom. The van der Waals surface area contributed by atoms with E-state index in [4.69, 9.17) is 6.42 Å². The van der Waals surface area contributed by atoms with Crippen LogP contribution >= 0.6 is 0 Å². The van der Waals surface area contributed by atoms with Crippen LogP contribution in [0.3, 0.4) is 0 Å². The Morgan fingerprint density at radius 2 is 1.95 bits per heavy atom. The van der Waals surface area contributed by atoms with Crippen LogP contribution in [0.1, 0.15) is 32.1 Å². The van der Waals surface area contributed by atoms with Crippen LogP contribution in [0.15, 0.2) is 0 Å². The molecule has 2 bridgehead atoms. The van der Waals surface area contributed by atoms with Crippen molar-refractivity contribution in [3.05, 3.63) is 0 Å². The second kappa shape index (κ2) is 6.37. The van der Waals surface area contributed by atoms with E-state index in [-0.39, 0.29) is 30.4 Å². The molecule has 2 aliphatic carbocycles. The molecule has 0 spiro atoms. The third-order valence-electron chi connectivity index (χ3n) is 5.88. The van der Waals surface area contributed by atoms with Crippen LogP contribution in [-0.4, -0.2) is 48.2 Å². The number of hydrogen-bond acceptors (Lipinski definition) is 3. The van der Waals surface area contributed by atoms with Crippen LogP contribution < -0.4 is 5.32 Å². The van der Waals surface area contributed by atoms with Crippen molar-refractivity contribution >= 4 is 5.91 Å². The highest BCUT2D eigenvalue weighted by Crippen LogP contribution is 2.48. The fraction of sp³-hybridized carbons (Fsp3) is 0.824. The van der Waals surface area contributed by atoms with Crippen LogP contribution in [0.2, 0.25) is 0 Å². The van der Waals surface area contributed by atoms with Crippen molar-refractivity contribution in [2.45, 2.75) is 38.1 Å². The van der Waals surface area contributed by atoms with Crippen molar-refractivity contribution in [1.29, 1.82) is 0 Å². The molecule has 4 nitrogen and oxygen atoms in total. The topological polar surface area (TPSA) is 52.6 Å². The number of carbonyl (C=O) groups excluding carboxylic acids is 1. The molecule has 3 rings (SSSR count). The van der Waals surface area contributed by atoms with Gasteiger partial charge in [-0.2, -0.15) is 0 Å². The number of hydrogen-bond donors (Lipinski definition) is 2. The Labute approximate surface area is 127 Å². The fourth-order valence-corrected chi connectivity index (χ4v) is 4.66. The van der Waals surface area contributed by atoms with Gasteiger partial charge in [-0.25, -0.2) is 0 Å². The lowest BCUT2D eigenvalue weighted by atomic mass is 9.84. The molecular formula is C17H26N2O2. The van der Waals surface area contributed by atoms with Gasteiger partial charge in [0.05, 0.1) is 6.54 Å². The molecule has 1 heterocycles. The van der Waals surface area contributed by atoms with E-state index in [0.717, 1.165) is 25.9 Å². The number of fused-ring (bicyclic) bond motifs is 2. The van der Waals surface area contributed by atoms with Crippen molar-refractivity contribution in [2.75, 3.05) is 26.2 Å². The summed E-state index contributed by atoms with van der Waals surface area (Å²) in [7, 11) is 0. The van der Waals surface area contributed by atoms with E-state index >= 15 is 0 Å². The molecule has 0 radical (unpaired) electrons. The quantitative estimate of drug-likeness (QED) is 0.755. The number of terminal acetylenes is 1. The highest BCUT2D eigenvalue weighted by atomic mass is 16.3. The van der Waals surface area contributed by atoms with Gasteiger partial charge in [-0.1, -0.05) is 5.92 Å². The highest BCUT2D eigenvalue weighted by molar-refractivity contribution is 5.79. The van der Waals surface area contributed by atoms with Gasteiger partial charge in [-0.05, 0) is 57.0 Å². The first-order chi connectivity index (χ1) is 10.2. The summed E-state index contributed by atoms with van der Waals surface area (Å²) in [5.41, 5.74) is 0. The van der Waals surface area contributed by atoms with Gasteiger partial charge in [-0.15, -0.1) is 6.42 Å². The number of amides is 1. The van der Waals surface area contributed by atoms with E-state index in [2.05, 4.69) is 16.1 Å². The molecule has 116 valence electrons. The number of aliphatic hydroxyl groups excluding tert-OH is 1. The van der Waals surface area contributed by atoms with Gasteiger partial charge in [0.15, 0.2) is 0 Å². The smallest absolute Gasteiger partial charge is 0.223 e. The van der Waals surface area contributed by atoms with Crippen molar-refractivity contribution in [3.63, 3.8) is 0 Å². The predicted molar refractivity (Wildman–Crippen MR) is 81.3 cm³/mol. The van der Waals surface area contributed by atoms with Gasteiger partial charge in [0.25, 0.3) is 0 Å². The molecular weight excluding hydrogens is 264 g/mol. The zero-order chi connectivity index (χ0) is 14.8. The maximum atomic E-state index is 12.5. The molecule has 4 unspecified atom stereocenters. The molecule has 3 aliphatic rings. The first-order valence-electron chi connectivity index (χ1n) is 8.30. The summed E-state index contributed by atoms with van der Waals surface area (Å²) in [6.07, 6.45) is 10.8. The largest absolute Gasteiger partial charge is 0.396 e. The molecule has 4 atom stereocenters. The molecule has 2 saturated carbocycles. The molecule has 1 saturated heterocycles. The predicted octanol–water partition coefficient (Wildman–Crippen LogP) is 0.855. The average Bonchev–Trinajstić information content (AvgIpc) is 3.09. The first kappa shape index (κ1) is 14.9. The molecule has 3 fully saturated rings. The number of aliphatic hydroxyl groups is 1. The molecule has 2 N–H and O–H groups in total. The third-order valence-corrected chi connectivity index (χ3v) is 5.88. The monoisotopic (exact) mass is 290 g/mol. The summed E-state index contributed by atoms with van der Waals surface area (Å²) in [4.78, 5) is 14.7. The summed E-state index contributed by atoms with van der Waals surface area (Å²) in [5, 5.41) is 12.9. The Bertz CT molecular complexity index is 423. The van der Waals surface area contributed by atoms with E-state index in [1.807, 2.05) is 0 Å². The van der Waals surface area contributed by atoms with Crippen molar-refractivity contribution in [1.82, 2.24) is 10.2 Å². The lowest BCUT2D eigenvalue weighted by Gasteiger charge is -2.34. The van der Waals surface area contributed by atoms with Crippen LogP contribution in [0.25, 0.3) is 0 Å². The zero-order valence-corrected chi connectivity index (χ0v) is 12.6. The minimum absolute atomic E-state index is 0.123. The van der Waals surface area contributed by atoms with E-state index < -0.39 is 0 Å². The normalized spacial score (nSPS) is 36.6. The highest BCUT2D eigenvalue weighted by Gasteiger charge is 2.48. The average molecular weight is 290 g/mol. The molecule has 1 aliphatic heterocycles. The van der Waals surface area contributed by atoms with Crippen LogP contribution in [-0.2, 0) is 4.79 Å². The molecule has 0 aromatic carbocycles.